The molecule has 0 bridgehead atoms. The van der Waals surface area contributed by atoms with Crippen molar-refractivity contribution in [3.8, 4) is 11.1 Å². The van der Waals surface area contributed by atoms with Crippen LogP contribution in [0, 0.1) is 0 Å². The van der Waals surface area contributed by atoms with Crippen molar-refractivity contribution < 1.29 is 9.63 Å². The minimum atomic E-state index is -0.272. The Labute approximate surface area is 191 Å². The summed E-state index contributed by atoms with van der Waals surface area (Å²) in [5.74, 6) is -0.272. The summed E-state index contributed by atoms with van der Waals surface area (Å²) < 4.78 is 1.78. The number of nitrogens with zero attached hydrogens (tertiary/aromatic N) is 6. The van der Waals surface area contributed by atoms with Gasteiger partial charge in [-0.15, -0.1) is 0 Å². The van der Waals surface area contributed by atoms with Gasteiger partial charge in [0.25, 0.3) is 5.91 Å². The molecule has 9 nitrogen and oxygen atoms in total. The van der Waals surface area contributed by atoms with Crippen LogP contribution >= 0.6 is 0 Å². The number of pyridine rings is 3. The zero-order chi connectivity index (χ0) is 22.8. The lowest BCUT2D eigenvalue weighted by Crippen LogP contribution is -2.40. The van der Waals surface area contributed by atoms with Crippen molar-refractivity contribution >= 4 is 16.8 Å². The number of aryl methyl sites for hydroxylation is 1. The lowest BCUT2D eigenvalue weighted by molar-refractivity contribution is -0.0542. The number of likely N-dealkylation sites (tertiary alicyclic amines) is 1. The van der Waals surface area contributed by atoms with Crippen LogP contribution in [-0.2, 0) is 11.9 Å². The van der Waals surface area contributed by atoms with E-state index in [1.807, 2.05) is 31.8 Å². The third kappa shape index (κ3) is 4.59. The number of fused-ring (bicyclic) bond motifs is 1. The summed E-state index contributed by atoms with van der Waals surface area (Å²) in [7, 11) is 3.99. The van der Waals surface area contributed by atoms with Gasteiger partial charge in [-0.05, 0) is 44.2 Å². The van der Waals surface area contributed by atoms with Gasteiger partial charge < -0.3 is 0 Å². The molecule has 0 radical (unpaired) electrons. The minimum Gasteiger partial charge on any atom is -0.298 e. The molecule has 5 rings (SSSR count). The van der Waals surface area contributed by atoms with Gasteiger partial charge in [-0.1, -0.05) is 0 Å². The third-order valence-electron chi connectivity index (χ3n) is 6.05. The van der Waals surface area contributed by atoms with Gasteiger partial charge in [0.05, 0.1) is 35.8 Å². The average Bonchev–Trinajstić information content (AvgIpc) is 3.29. The topological polar surface area (TPSA) is 98.1 Å². The number of hydrogen-bond acceptors (Lipinski definition) is 7. The molecule has 4 aromatic rings. The SMILES string of the molecule is CN1CCC(ONC(=O)c2ccncc2)CC1c1cc2cc(-c3cnn(C)c3)cnc2cn1. The first kappa shape index (κ1) is 21.2. The smallest absolute Gasteiger partial charge is 0.274 e. The van der Waals surface area contributed by atoms with E-state index in [4.69, 9.17) is 9.82 Å². The van der Waals surface area contributed by atoms with Gasteiger partial charge in [-0.3, -0.25) is 34.2 Å². The Morgan fingerprint density at radius 1 is 1.09 bits per heavy atom. The zero-order valence-electron chi connectivity index (χ0n) is 18.5. The number of nitrogens with one attached hydrogen (secondary N) is 1. The molecule has 0 spiro atoms. The first-order chi connectivity index (χ1) is 16.1. The van der Waals surface area contributed by atoms with E-state index in [0.29, 0.717) is 5.56 Å². The zero-order valence-corrected chi connectivity index (χ0v) is 18.5. The van der Waals surface area contributed by atoms with Crippen LogP contribution in [0.15, 0.2) is 61.4 Å². The largest absolute Gasteiger partial charge is 0.298 e. The van der Waals surface area contributed by atoms with Crippen LogP contribution in [0.1, 0.15) is 34.9 Å². The molecule has 2 atom stereocenters. The molecule has 1 N–H and O–H groups in total. The minimum absolute atomic E-state index is 0.0769. The second-order valence-corrected chi connectivity index (χ2v) is 8.36. The van der Waals surface area contributed by atoms with Gasteiger partial charge in [0, 0.05) is 60.5 Å². The number of amides is 1. The van der Waals surface area contributed by atoms with E-state index >= 15 is 0 Å². The molecule has 0 aromatic carbocycles. The van der Waals surface area contributed by atoms with Gasteiger partial charge in [0.15, 0.2) is 0 Å². The number of aromatic nitrogens is 5. The summed E-state index contributed by atoms with van der Waals surface area (Å²) in [6.45, 7) is 0.841. The summed E-state index contributed by atoms with van der Waals surface area (Å²) in [6, 6.07) is 7.61. The molecule has 2 unspecified atom stereocenters. The predicted octanol–water partition coefficient (Wildman–Crippen LogP) is 2.92. The molecule has 4 aromatic heterocycles. The maximum atomic E-state index is 12.3. The normalized spacial score (nSPS) is 19.0. The first-order valence-corrected chi connectivity index (χ1v) is 10.9. The van der Waals surface area contributed by atoms with Crippen LogP contribution in [0.3, 0.4) is 0 Å². The number of carbonyl (C=O) groups is 1. The molecular weight excluding hydrogens is 418 g/mol. The van der Waals surface area contributed by atoms with Crippen molar-refractivity contribution in [1.82, 2.24) is 35.1 Å². The van der Waals surface area contributed by atoms with E-state index in [2.05, 4.69) is 44.6 Å². The third-order valence-corrected chi connectivity index (χ3v) is 6.05. The number of hydrogen-bond donors (Lipinski definition) is 1. The lowest BCUT2D eigenvalue weighted by Gasteiger charge is -2.36. The van der Waals surface area contributed by atoms with E-state index < -0.39 is 0 Å². The molecule has 0 saturated carbocycles. The maximum Gasteiger partial charge on any atom is 0.274 e. The number of piperidine rings is 1. The fourth-order valence-electron chi connectivity index (χ4n) is 4.16. The summed E-state index contributed by atoms with van der Waals surface area (Å²) >= 11 is 0. The molecule has 0 aliphatic carbocycles. The van der Waals surface area contributed by atoms with E-state index in [1.54, 1.807) is 29.2 Å². The fourth-order valence-corrected chi connectivity index (χ4v) is 4.16. The highest BCUT2D eigenvalue weighted by molar-refractivity contribution is 5.93. The van der Waals surface area contributed by atoms with Gasteiger partial charge in [-0.2, -0.15) is 5.10 Å². The van der Waals surface area contributed by atoms with Crippen molar-refractivity contribution in [2.24, 2.45) is 7.05 Å². The molecule has 1 fully saturated rings. The van der Waals surface area contributed by atoms with Gasteiger partial charge in [0.1, 0.15) is 0 Å². The second kappa shape index (κ2) is 9.05. The quantitative estimate of drug-likeness (QED) is 0.474. The summed E-state index contributed by atoms with van der Waals surface area (Å²) in [4.78, 5) is 33.5. The number of carbonyl (C=O) groups excluding carboxylic acids is 1. The maximum absolute atomic E-state index is 12.3. The van der Waals surface area contributed by atoms with E-state index in [0.717, 1.165) is 47.1 Å². The van der Waals surface area contributed by atoms with Crippen LogP contribution < -0.4 is 5.48 Å². The van der Waals surface area contributed by atoms with Crippen molar-refractivity contribution in [3.05, 3.63) is 72.7 Å². The Bertz CT molecular complexity index is 1270. The van der Waals surface area contributed by atoms with Gasteiger partial charge in [-0.25, -0.2) is 5.48 Å². The van der Waals surface area contributed by atoms with E-state index in [1.165, 1.54) is 0 Å². The summed E-state index contributed by atoms with van der Waals surface area (Å²) in [5.41, 5.74) is 6.96. The molecule has 33 heavy (non-hydrogen) atoms. The Kier molecular flexibility index (Phi) is 5.80. The molecule has 168 valence electrons. The lowest BCUT2D eigenvalue weighted by atomic mass is 9.96. The highest BCUT2D eigenvalue weighted by Gasteiger charge is 2.29. The molecule has 1 aliphatic heterocycles. The van der Waals surface area contributed by atoms with Crippen molar-refractivity contribution in [1.29, 1.82) is 0 Å². The average molecular weight is 444 g/mol. The highest BCUT2D eigenvalue weighted by Crippen LogP contribution is 2.31. The molecule has 1 amide bonds. The molecule has 9 heteroatoms. The van der Waals surface area contributed by atoms with Gasteiger partial charge >= 0.3 is 0 Å². The standard InChI is InChI=1S/C24H25N7O2/c1-30-8-5-20(33-29-24(32)16-3-6-25-7-4-16)11-23(30)21-10-17-9-18(12-26-22(17)14-27-21)19-13-28-31(2)15-19/h3-4,6-7,9-10,12-15,20,23H,5,8,11H2,1-2H3,(H,29,32). The Morgan fingerprint density at radius 3 is 2.73 bits per heavy atom. The van der Waals surface area contributed by atoms with Crippen molar-refractivity contribution in [3.63, 3.8) is 0 Å². The summed E-state index contributed by atoms with van der Waals surface area (Å²) in [6.07, 6.45) is 12.1. The molecule has 1 saturated heterocycles. The van der Waals surface area contributed by atoms with Crippen molar-refractivity contribution in [2.45, 2.75) is 25.0 Å². The second-order valence-electron chi connectivity index (χ2n) is 8.36. The van der Waals surface area contributed by atoms with E-state index in [9.17, 15) is 4.79 Å². The summed E-state index contributed by atoms with van der Waals surface area (Å²) in [5, 5.41) is 5.29. The van der Waals surface area contributed by atoms with Crippen LogP contribution in [0.2, 0.25) is 0 Å². The Balaban J connectivity index is 1.32. The van der Waals surface area contributed by atoms with Crippen LogP contribution in [-0.4, -0.2) is 55.2 Å². The molecule has 1 aliphatic rings. The Morgan fingerprint density at radius 2 is 1.94 bits per heavy atom. The molecule has 5 heterocycles. The first-order valence-electron chi connectivity index (χ1n) is 10.9. The number of hydroxylamine groups is 1. The molecular formula is C24H25N7O2. The van der Waals surface area contributed by atoms with Gasteiger partial charge in [0.2, 0.25) is 0 Å². The van der Waals surface area contributed by atoms with Crippen LogP contribution in [0.4, 0.5) is 0 Å². The van der Waals surface area contributed by atoms with Crippen LogP contribution in [0.25, 0.3) is 22.0 Å². The van der Waals surface area contributed by atoms with Crippen LogP contribution in [0.5, 0.6) is 0 Å². The fraction of sp³-hybridized carbons (Fsp3) is 0.292. The monoisotopic (exact) mass is 443 g/mol. The predicted molar refractivity (Wildman–Crippen MR) is 123 cm³/mol. The Hall–Kier alpha value is -3.69. The van der Waals surface area contributed by atoms with E-state index in [-0.39, 0.29) is 18.1 Å². The highest BCUT2D eigenvalue weighted by atomic mass is 16.7. The number of rotatable bonds is 5. The van der Waals surface area contributed by atoms with Crippen molar-refractivity contribution in [2.75, 3.05) is 13.6 Å².